The Kier molecular flexibility index (Phi) is 25.8. The maximum absolute atomic E-state index is 12.6. The first kappa shape index (κ1) is 75.0. The summed E-state index contributed by atoms with van der Waals surface area (Å²) in [5, 5.41) is 4.09. The van der Waals surface area contributed by atoms with Crippen molar-refractivity contribution in [2.24, 2.45) is 0 Å². The smallest absolute Gasteiger partial charge is 0.305 e. The van der Waals surface area contributed by atoms with Gasteiger partial charge in [-0.1, -0.05) is 231 Å². The molecule has 6 atom stereocenters. The minimum absolute atomic E-state index is 0. The Morgan fingerprint density at radius 2 is 0.901 bits per heavy atom. The van der Waals surface area contributed by atoms with Crippen LogP contribution in [0.15, 0.2) is 128 Å². The molecule has 2 aliphatic heterocycles. The van der Waals surface area contributed by atoms with Crippen LogP contribution in [0.25, 0.3) is 11.2 Å². The minimum atomic E-state index is -2.98. The summed E-state index contributed by atoms with van der Waals surface area (Å²) >= 11 is 0. The summed E-state index contributed by atoms with van der Waals surface area (Å²) in [5.74, 6) is 5.95. The fourth-order valence-corrected chi connectivity index (χ4v) is 27.0. The van der Waals surface area contributed by atoms with E-state index in [1.54, 1.807) is 10.9 Å². The summed E-state index contributed by atoms with van der Waals surface area (Å²) in [4.78, 5) is 49.6. The number of esters is 3. The lowest BCUT2D eigenvalue weighted by atomic mass is 10.0. The van der Waals surface area contributed by atoms with Crippen molar-refractivity contribution in [2.45, 2.75) is 214 Å². The topological polar surface area (TPSA) is 211 Å². The molecule has 0 aliphatic carbocycles. The Balaban J connectivity index is 0.000000328. The third-order valence-corrected chi connectivity index (χ3v) is 37.5. The average molecular weight is 1310 g/mol. The van der Waals surface area contributed by atoms with E-state index in [2.05, 4.69) is 194 Å². The van der Waals surface area contributed by atoms with Crippen LogP contribution in [0, 0.1) is 22.9 Å². The number of imidazole rings is 1. The molecule has 2 saturated heterocycles. The zero-order valence-electron chi connectivity index (χ0n) is 55.0. The second-order valence-corrected chi connectivity index (χ2v) is 44.1. The minimum Gasteiger partial charge on any atom is -0.458 e. The summed E-state index contributed by atoms with van der Waals surface area (Å²) < 4.78 is 47.1. The summed E-state index contributed by atoms with van der Waals surface area (Å²) in [6, 6.07) is 47.9. The number of fused-ring (bicyclic) bond motifs is 1. The number of rotatable bonds is 20. The van der Waals surface area contributed by atoms with Crippen LogP contribution in [-0.2, 0) is 46.9 Å². The van der Waals surface area contributed by atoms with Crippen molar-refractivity contribution in [3.8, 4) is 22.9 Å². The first-order valence-electron chi connectivity index (χ1n) is 31.4. The molecule has 2 aliphatic rings. The van der Waals surface area contributed by atoms with Crippen LogP contribution < -0.4 is 32.2 Å². The third-order valence-electron chi connectivity index (χ3n) is 18.1. The molecule has 8 rings (SSSR count). The van der Waals surface area contributed by atoms with Crippen LogP contribution in [0.2, 0.25) is 46.3 Å². The third kappa shape index (κ3) is 16.6. The van der Waals surface area contributed by atoms with Crippen molar-refractivity contribution in [1.82, 2.24) is 19.5 Å². The highest BCUT2D eigenvalue weighted by atomic mass is 28.4. The first-order chi connectivity index (χ1) is 42.2. The van der Waals surface area contributed by atoms with E-state index >= 15 is 0 Å². The van der Waals surface area contributed by atoms with E-state index in [4.69, 9.17) is 44.0 Å². The standard InChI is InChI=1S/C36H48N6O4Si2.C33H46O6Si2.2CH4/c1-8-47(9-2,10-3)22-21-36(24-44-48(35(5,6)7,27-17-13-11-14-18-27)28-19-15-12-16-20-28)23-29(45-26(4)43)33(46-36)42-25-39-30-31(37)40-34(38)41-32(30)42;1-9-40(10-2,11-3)23-22-33(24-30(37-26(4)34)31(39-33)38-27(5)35)25-36-41(32(6,7)8,28-18-14-12-15-19-28)29-20-16-13-17-21-29;;/h11-20,25,29,33H,8-10,23-24H2,1-7H3,(H4,37,38,40,41);12-21,30-31H,9-11,24-25H2,1-8H3;2*1H4/t29?,33-,36+;30?,31-,33-;;/m10../s1. The molecule has 4 heterocycles. The molecule has 4 N–H and O–H groups in total. The predicted octanol–water partition coefficient (Wildman–Crippen LogP) is 12.1. The SMILES string of the molecule is C.C.CC[Si](C#C[C@@]1(CO[Si](c2ccccc2)(c2ccccc2)C(C)(C)C)CC(OC(C)=O)[C@@H](OC(C)=O)O1)(CC)CC.CC[Si](C#C[C@@]1(CO[Si](c2ccccc2)(c2ccccc2)C(C)(C)C)CC(OC(C)=O)[C@H](n2cnc3c(N)nc(N)nc32)O1)(CC)CC. The first-order valence-corrected chi connectivity index (χ1v) is 40.5. The largest absolute Gasteiger partial charge is 0.458 e. The van der Waals surface area contributed by atoms with Gasteiger partial charge in [0.05, 0.1) is 19.5 Å². The van der Waals surface area contributed by atoms with E-state index in [1.165, 1.54) is 20.8 Å². The van der Waals surface area contributed by atoms with E-state index < -0.39 is 86.6 Å². The molecule has 91 heavy (non-hydrogen) atoms. The summed E-state index contributed by atoms with van der Waals surface area (Å²) in [5.41, 5.74) is 18.2. The molecule has 2 fully saturated rings. The van der Waals surface area contributed by atoms with Gasteiger partial charge in [-0.25, -0.2) is 4.98 Å². The number of hydrogen-bond acceptors (Lipinski definition) is 15. The van der Waals surface area contributed by atoms with Crippen LogP contribution >= 0.6 is 0 Å². The lowest BCUT2D eigenvalue weighted by molar-refractivity contribution is -0.201. The van der Waals surface area contributed by atoms with Gasteiger partial charge in [0, 0.05) is 33.6 Å². The number of nitrogen functional groups attached to an aromatic ring is 2. The molecule has 0 radical (unpaired) electrons. The number of nitrogens with zero attached hydrogens (tertiary/aromatic N) is 4. The van der Waals surface area contributed by atoms with Crippen LogP contribution in [0.4, 0.5) is 11.8 Å². The van der Waals surface area contributed by atoms with Crippen LogP contribution in [0.1, 0.15) is 138 Å². The highest BCUT2D eigenvalue weighted by molar-refractivity contribution is 7.00. The number of anilines is 2. The lowest BCUT2D eigenvalue weighted by Crippen LogP contribution is -2.67. The Morgan fingerprint density at radius 3 is 1.25 bits per heavy atom. The van der Waals surface area contributed by atoms with Crippen LogP contribution in [0.3, 0.4) is 0 Å². The van der Waals surface area contributed by atoms with Gasteiger partial charge in [0.1, 0.15) is 21.7 Å². The highest BCUT2D eigenvalue weighted by Gasteiger charge is 2.57. The fourth-order valence-electron chi connectivity index (χ4n) is 12.7. The highest BCUT2D eigenvalue weighted by Crippen LogP contribution is 2.45. The van der Waals surface area contributed by atoms with Gasteiger partial charge in [-0.15, -0.1) is 11.1 Å². The van der Waals surface area contributed by atoms with Crippen molar-refractivity contribution in [3.63, 3.8) is 0 Å². The number of hydrogen-bond donors (Lipinski definition) is 2. The van der Waals surface area contributed by atoms with Gasteiger partial charge >= 0.3 is 17.9 Å². The molecule has 492 valence electrons. The summed E-state index contributed by atoms with van der Waals surface area (Å²) in [6.07, 6.45) is -1.26. The maximum atomic E-state index is 12.6. The molecule has 16 nitrogen and oxygen atoms in total. The van der Waals surface area contributed by atoms with Crippen LogP contribution in [0.5, 0.6) is 0 Å². The number of carbonyl (C=O) groups is 3. The second kappa shape index (κ2) is 31.3. The van der Waals surface area contributed by atoms with Gasteiger partial charge in [-0.05, 0) is 67.1 Å². The number of ether oxygens (including phenoxy) is 5. The van der Waals surface area contributed by atoms with Crippen molar-refractivity contribution < 1.29 is 46.9 Å². The molecule has 4 aromatic carbocycles. The van der Waals surface area contributed by atoms with Gasteiger partial charge in [-0.3, -0.25) is 19.0 Å². The summed E-state index contributed by atoms with van der Waals surface area (Å²) in [6.45, 7) is 31.1. The maximum Gasteiger partial charge on any atom is 0.305 e. The molecule has 0 spiro atoms. The second-order valence-electron chi connectivity index (χ2n) is 25.7. The van der Waals surface area contributed by atoms with E-state index in [0.29, 0.717) is 17.6 Å². The van der Waals surface area contributed by atoms with E-state index in [0.717, 1.165) is 57.0 Å². The zero-order valence-corrected chi connectivity index (χ0v) is 59.0. The molecule has 2 aromatic heterocycles. The number of carbonyl (C=O) groups excluding carboxylic acids is 3. The Bertz CT molecular complexity index is 3360. The quantitative estimate of drug-likeness (QED) is 0.0315. The van der Waals surface area contributed by atoms with Crippen molar-refractivity contribution in [1.29, 1.82) is 0 Å². The molecule has 0 amide bonds. The van der Waals surface area contributed by atoms with Gasteiger partial charge in [0.15, 0.2) is 41.1 Å². The van der Waals surface area contributed by atoms with Gasteiger partial charge in [0.2, 0.25) is 12.2 Å². The van der Waals surface area contributed by atoms with E-state index in [1.807, 2.05) is 48.5 Å². The van der Waals surface area contributed by atoms with Gasteiger partial charge in [-0.2, -0.15) is 9.97 Å². The zero-order chi connectivity index (χ0) is 65.1. The molecule has 0 saturated carbocycles. The van der Waals surface area contributed by atoms with Gasteiger partial charge < -0.3 is 44.0 Å². The van der Waals surface area contributed by atoms with E-state index in [9.17, 15) is 14.4 Å². The Hall–Kier alpha value is -6.73. The molecule has 0 bridgehead atoms. The number of benzene rings is 4. The molecule has 20 heteroatoms. The Labute approximate surface area is 546 Å². The van der Waals surface area contributed by atoms with E-state index in [-0.39, 0.29) is 56.3 Å². The normalized spacial score (nSPS) is 20.0. The monoisotopic (exact) mass is 1310 g/mol. The molecule has 2 unspecified atom stereocenters. The van der Waals surface area contributed by atoms with Crippen molar-refractivity contribution in [3.05, 3.63) is 128 Å². The lowest BCUT2D eigenvalue weighted by Gasteiger charge is -2.44. The molecular formula is C71H102N6O10Si4. The van der Waals surface area contributed by atoms with Gasteiger partial charge in [0.25, 0.3) is 16.6 Å². The predicted molar refractivity (Wildman–Crippen MR) is 377 cm³/mol. The summed E-state index contributed by atoms with van der Waals surface area (Å²) in [7, 11) is -9.72. The van der Waals surface area contributed by atoms with Crippen molar-refractivity contribution >= 4 is 94.4 Å². The number of aromatic nitrogens is 4. The molecular weight excluding hydrogens is 1210 g/mol. The fraction of sp³-hybridized carbons (Fsp3) is 0.493. The molecule has 6 aromatic rings. The Morgan fingerprint density at radius 1 is 0.549 bits per heavy atom. The van der Waals surface area contributed by atoms with Crippen LogP contribution in [-0.4, -0.2) is 113 Å². The average Bonchev–Trinajstić information content (AvgIpc) is 1.53. The van der Waals surface area contributed by atoms with Crippen molar-refractivity contribution in [2.75, 3.05) is 24.7 Å². The number of nitrogens with two attached hydrogens (primary N) is 2.